The van der Waals surface area contributed by atoms with Crippen molar-refractivity contribution in [3.63, 3.8) is 0 Å². The largest absolute Gasteiger partial charge is 0.464 e. The first kappa shape index (κ1) is 14.1. The fraction of sp³-hybridized carbons (Fsp3) is 0.235. The molecule has 1 atom stereocenters. The summed E-state index contributed by atoms with van der Waals surface area (Å²) >= 11 is 0. The molecule has 2 rings (SSSR count). The monoisotopic (exact) mass is 269 g/mol. The number of hydrogen-bond acceptors (Lipinski definition) is 3. The van der Waals surface area contributed by atoms with Crippen molar-refractivity contribution in [3.05, 3.63) is 65.7 Å². The fourth-order valence-electron chi connectivity index (χ4n) is 2.05. The molecule has 0 saturated carbocycles. The zero-order valence-corrected chi connectivity index (χ0v) is 11.8. The summed E-state index contributed by atoms with van der Waals surface area (Å²) in [4.78, 5) is 12.1. The Labute approximate surface area is 119 Å². The standard InChI is InChI=1S/C17H19NO2/c1-3-20-17(19)16(14-9-5-4-6-10-14)18-15-11-7-8-13(2)12-15/h4-12,16,18H,3H2,1-2H3. The molecule has 1 N–H and O–H groups in total. The van der Waals surface area contributed by atoms with Crippen LogP contribution in [0.3, 0.4) is 0 Å². The predicted octanol–water partition coefficient (Wildman–Crippen LogP) is 3.71. The smallest absolute Gasteiger partial charge is 0.333 e. The van der Waals surface area contributed by atoms with Crippen molar-refractivity contribution in [3.8, 4) is 0 Å². The molecule has 0 amide bonds. The Bertz CT molecular complexity index is 566. The molecule has 3 heteroatoms. The normalized spacial score (nSPS) is 11.7. The molecule has 3 nitrogen and oxygen atoms in total. The maximum absolute atomic E-state index is 12.1. The Kier molecular flexibility index (Phi) is 4.77. The highest BCUT2D eigenvalue weighted by Crippen LogP contribution is 2.21. The van der Waals surface area contributed by atoms with Crippen LogP contribution in [0.1, 0.15) is 24.1 Å². The molecule has 0 bridgehead atoms. The molecule has 2 aromatic rings. The van der Waals surface area contributed by atoms with Crippen LogP contribution >= 0.6 is 0 Å². The SMILES string of the molecule is CCOC(=O)C(Nc1cccc(C)c1)c1ccccc1. The number of nitrogens with one attached hydrogen (secondary N) is 1. The van der Waals surface area contributed by atoms with Crippen molar-refractivity contribution in [2.75, 3.05) is 11.9 Å². The van der Waals surface area contributed by atoms with Gasteiger partial charge in [0, 0.05) is 5.69 Å². The molecule has 2 aromatic carbocycles. The van der Waals surface area contributed by atoms with E-state index in [1.54, 1.807) is 0 Å². The van der Waals surface area contributed by atoms with Crippen LogP contribution < -0.4 is 5.32 Å². The third-order valence-electron chi connectivity index (χ3n) is 2.98. The summed E-state index contributed by atoms with van der Waals surface area (Å²) in [5, 5.41) is 3.25. The average molecular weight is 269 g/mol. The highest BCUT2D eigenvalue weighted by molar-refractivity contribution is 5.81. The first-order valence-corrected chi connectivity index (χ1v) is 6.75. The fourth-order valence-corrected chi connectivity index (χ4v) is 2.05. The third kappa shape index (κ3) is 3.60. The minimum Gasteiger partial charge on any atom is -0.464 e. The van der Waals surface area contributed by atoms with Crippen molar-refractivity contribution < 1.29 is 9.53 Å². The summed E-state index contributed by atoms with van der Waals surface area (Å²) in [6.45, 7) is 4.21. The zero-order valence-electron chi connectivity index (χ0n) is 11.8. The van der Waals surface area contributed by atoms with Crippen molar-refractivity contribution >= 4 is 11.7 Å². The summed E-state index contributed by atoms with van der Waals surface area (Å²) in [5.74, 6) is -0.264. The van der Waals surface area contributed by atoms with E-state index in [0.29, 0.717) is 6.61 Å². The van der Waals surface area contributed by atoms with E-state index in [2.05, 4.69) is 5.32 Å². The summed E-state index contributed by atoms with van der Waals surface area (Å²) in [7, 11) is 0. The lowest BCUT2D eigenvalue weighted by Crippen LogP contribution is -2.23. The molecule has 0 radical (unpaired) electrons. The number of anilines is 1. The van der Waals surface area contributed by atoms with Crippen LogP contribution in [0.15, 0.2) is 54.6 Å². The van der Waals surface area contributed by atoms with E-state index in [9.17, 15) is 4.79 Å². The summed E-state index contributed by atoms with van der Waals surface area (Å²) in [6.07, 6.45) is 0. The van der Waals surface area contributed by atoms with Crippen molar-refractivity contribution in [1.82, 2.24) is 0 Å². The van der Waals surface area contributed by atoms with Gasteiger partial charge in [0.15, 0.2) is 6.04 Å². The lowest BCUT2D eigenvalue weighted by atomic mass is 10.1. The zero-order chi connectivity index (χ0) is 14.4. The van der Waals surface area contributed by atoms with Gasteiger partial charge >= 0.3 is 5.97 Å². The number of rotatable bonds is 5. The molecular formula is C17H19NO2. The van der Waals surface area contributed by atoms with Crippen LogP contribution in [0.2, 0.25) is 0 Å². The molecule has 20 heavy (non-hydrogen) atoms. The molecule has 0 aromatic heterocycles. The second-order valence-corrected chi connectivity index (χ2v) is 4.61. The van der Waals surface area contributed by atoms with Gasteiger partial charge in [-0.25, -0.2) is 4.79 Å². The van der Waals surface area contributed by atoms with E-state index in [0.717, 1.165) is 16.8 Å². The van der Waals surface area contributed by atoms with Gasteiger partial charge in [-0.2, -0.15) is 0 Å². The Balaban J connectivity index is 2.25. The second kappa shape index (κ2) is 6.75. The molecule has 1 unspecified atom stereocenters. The Morgan fingerprint density at radius 2 is 1.90 bits per heavy atom. The first-order valence-electron chi connectivity index (χ1n) is 6.75. The first-order chi connectivity index (χ1) is 9.70. The van der Waals surface area contributed by atoms with E-state index in [1.165, 1.54) is 0 Å². The maximum Gasteiger partial charge on any atom is 0.333 e. The molecule has 0 aliphatic rings. The van der Waals surface area contributed by atoms with Gasteiger partial charge in [-0.1, -0.05) is 42.5 Å². The van der Waals surface area contributed by atoms with E-state index < -0.39 is 6.04 Å². The van der Waals surface area contributed by atoms with Gasteiger partial charge in [0.1, 0.15) is 0 Å². The Hall–Kier alpha value is -2.29. The van der Waals surface area contributed by atoms with Crippen molar-refractivity contribution in [2.24, 2.45) is 0 Å². The van der Waals surface area contributed by atoms with Crippen LogP contribution in [0.25, 0.3) is 0 Å². The molecule has 0 aliphatic heterocycles. The van der Waals surface area contributed by atoms with Crippen molar-refractivity contribution in [2.45, 2.75) is 19.9 Å². The summed E-state index contributed by atoms with van der Waals surface area (Å²) in [5.41, 5.74) is 2.95. The number of ether oxygens (including phenoxy) is 1. The van der Waals surface area contributed by atoms with Gasteiger partial charge < -0.3 is 10.1 Å². The molecular weight excluding hydrogens is 250 g/mol. The van der Waals surface area contributed by atoms with Gasteiger partial charge in [0.05, 0.1) is 6.61 Å². The summed E-state index contributed by atoms with van der Waals surface area (Å²) < 4.78 is 5.16. The Morgan fingerprint density at radius 1 is 1.15 bits per heavy atom. The highest BCUT2D eigenvalue weighted by atomic mass is 16.5. The van der Waals surface area contributed by atoms with Crippen LogP contribution in [-0.4, -0.2) is 12.6 Å². The van der Waals surface area contributed by atoms with E-state index >= 15 is 0 Å². The quantitative estimate of drug-likeness (QED) is 0.841. The molecule has 0 aliphatic carbocycles. The van der Waals surface area contributed by atoms with E-state index in [4.69, 9.17) is 4.74 Å². The number of aryl methyl sites for hydroxylation is 1. The number of benzene rings is 2. The summed E-state index contributed by atoms with van der Waals surface area (Å²) in [6, 6.07) is 17.1. The molecule has 104 valence electrons. The van der Waals surface area contributed by atoms with Gasteiger partial charge in [-0.05, 0) is 37.1 Å². The van der Waals surface area contributed by atoms with Gasteiger partial charge in [0.2, 0.25) is 0 Å². The molecule has 0 heterocycles. The lowest BCUT2D eigenvalue weighted by Gasteiger charge is -2.19. The minimum atomic E-state index is -0.488. The molecule has 0 saturated heterocycles. The van der Waals surface area contributed by atoms with Gasteiger partial charge in [-0.15, -0.1) is 0 Å². The lowest BCUT2D eigenvalue weighted by molar-refractivity contribution is -0.144. The maximum atomic E-state index is 12.1. The van der Waals surface area contributed by atoms with Gasteiger partial charge in [0.25, 0.3) is 0 Å². The van der Waals surface area contributed by atoms with Crippen LogP contribution in [0.4, 0.5) is 5.69 Å². The number of carbonyl (C=O) groups is 1. The van der Waals surface area contributed by atoms with E-state index in [1.807, 2.05) is 68.4 Å². The Morgan fingerprint density at radius 3 is 2.55 bits per heavy atom. The van der Waals surface area contributed by atoms with Crippen LogP contribution in [0.5, 0.6) is 0 Å². The van der Waals surface area contributed by atoms with E-state index in [-0.39, 0.29) is 5.97 Å². The van der Waals surface area contributed by atoms with Crippen LogP contribution in [0, 0.1) is 6.92 Å². The predicted molar refractivity (Wildman–Crippen MR) is 80.6 cm³/mol. The number of hydrogen-bond donors (Lipinski definition) is 1. The average Bonchev–Trinajstić information content (AvgIpc) is 2.46. The third-order valence-corrected chi connectivity index (χ3v) is 2.98. The second-order valence-electron chi connectivity index (χ2n) is 4.61. The molecule has 0 fully saturated rings. The minimum absolute atomic E-state index is 0.264. The van der Waals surface area contributed by atoms with Crippen LogP contribution in [-0.2, 0) is 9.53 Å². The number of esters is 1. The van der Waals surface area contributed by atoms with Gasteiger partial charge in [-0.3, -0.25) is 0 Å². The van der Waals surface area contributed by atoms with Crippen molar-refractivity contribution in [1.29, 1.82) is 0 Å². The molecule has 0 spiro atoms. The topological polar surface area (TPSA) is 38.3 Å². The number of carbonyl (C=O) groups excluding carboxylic acids is 1. The highest BCUT2D eigenvalue weighted by Gasteiger charge is 2.21.